The zero-order valence-corrected chi connectivity index (χ0v) is 19.6. The van der Waals surface area contributed by atoms with Gasteiger partial charge in [0.1, 0.15) is 5.82 Å². The average molecular weight is 461 g/mol. The van der Waals surface area contributed by atoms with Crippen molar-refractivity contribution in [2.75, 3.05) is 26.3 Å². The van der Waals surface area contributed by atoms with E-state index in [9.17, 15) is 10.1 Å². The minimum Gasteiger partial charge on any atom is -0.383 e. The summed E-state index contributed by atoms with van der Waals surface area (Å²) >= 11 is 1.67. The minimum atomic E-state index is -0.392. The van der Waals surface area contributed by atoms with Crippen molar-refractivity contribution in [2.24, 2.45) is 5.73 Å². The van der Waals surface area contributed by atoms with E-state index in [4.69, 9.17) is 10.5 Å². The number of hydrazine groups is 1. The molecule has 2 aromatic rings. The fourth-order valence-corrected chi connectivity index (χ4v) is 6.25. The summed E-state index contributed by atoms with van der Waals surface area (Å²) in [6.07, 6.45) is 2.08. The highest BCUT2D eigenvalue weighted by molar-refractivity contribution is 7.12. The Morgan fingerprint density at radius 3 is 2.58 bits per heavy atom. The van der Waals surface area contributed by atoms with Gasteiger partial charge in [-0.25, -0.2) is 5.01 Å². The van der Waals surface area contributed by atoms with E-state index in [1.807, 2.05) is 23.2 Å². The first kappa shape index (κ1) is 21.9. The molecule has 170 valence electrons. The number of ether oxygens (including phenoxy) is 1. The van der Waals surface area contributed by atoms with Crippen LogP contribution in [0.5, 0.6) is 0 Å². The molecule has 0 saturated carbocycles. The molecule has 5 rings (SSSR count). The number of hydrogen-bond acceptors (Lipinski definition) is 7. The number of carbonyl (C=O) groups excluding carboxylic acids is 1. The van der Waals surface area contributed by atoms with Gasteiger partial charge in [-0.3, -0.25) is 9.80 Å². The number of benzene rings is 1. The van der Waals surface area contributed by atoms with E-state index in [2.05, 4.69) is 42.3 Å². The quantitative estimate of drug-likeness (QED) is 0.741. The third-order valence-electron chi connectivity index (χ3n) is 6.80. The van der Waals surface area contributed by atoms with Crippen LogP contribution in [0.4, 0.5) is 0 Å². The van der Waals surface area contributed by atoms with E-state index in [1.165, 1.54) is 4.88 Å². The summed E-state index contributed by atoms with van der Waals surface area (Å²) in [5.74, 6) is 0.251. The maximum Gasteiger partial charge on any atom is 0.162 e. The minimum absolute atomic E-state index is 0.0904. The molecule has 3 heterocycles. The summed E-state index contributed by atoms with van der Waals surface area (Å²) in [7, 11) is 0. The monoisotopic (exact) mass is 460 g/mol. The van der Waals surface area contributed by atoms with Crippen LogP contribution in [-0.2, 0) is 16.0 Å². The second-order valence-electron chi connectivity index (χ2n) is 8.68. The van der Waals surface area contributed by atoms with Crippen LogP contribution in [0, 0.1) is 11.3 Å². The Balaban J connectivity index is 1.65. The lowest BCUT2D eigenvalue weighted by Gasteiger charge is -2.46. The molecular formula is C26H28N4O2S. The number of thiophene rings is 1. The summed E-state index contributed by atoms with van der Waals surface area (Å²) < 4.78 is 5.56. The number of nitrogens with two attached hydrogens (primary N) is 1. The van der Waals surface area contributed by atoms with Crippen molar-refractivity contribution in [3.05, 3.63) is 80.4 Å². The Labute approximate surface area is 198 Å². The SMILES string of the molecule is CCc1ccc(C2C(C#N)=C(N)N(N3CCOCC3)C3=C2C(=O)CC(c2ccccc2)C3)s1. The van der Waals surface area contributed by atoms with Gasteiger partial charge in [-0.2, -0.15) is 5.26 Å². The van der Waals surface area contributed by atoms with Gasteiger partial charge >= 0.3 is 0 Å². The van der Waals surface area contributed by atoms with E-state index in [-0.39, 0.29) is 11.7 Å². The molecular weight excluding hydrogens is 432 g/mol. The summed E-state index contributed by atoms with van der Waals surface area (Å²) in [4.78, 5) is 16.0. The van der Waals surface area contributed by atoms with E-state index >= 15 is 0 Å². The molecule has 6 nitrogen and oxygen atoms in total. The van der Waals surface area contributed by atoms with Crippen LogP contribution >= 0.6 is 11.3 Å². The number of hydrogen-bond donors (Lipinski definition) is 1. The molecule has 1 aliphatic carbocycles. The van der Waals surface area contributed by atoms with Gasteiger partial charge in [-0.15, -0.1) is 11.3 Å². The number of aryl methyl sites for hydroxylation is 1. The van der Waals surface area contributed by atoms with Crippen molar-refractivity contribution in [1.82, 2.24) is 10.0 Å². The van der Waals surface area contributed by atoms with Crippen molar-refractivity contribution in [3.8, 4) is 6.07 Å². The summed E-state index contributed by atoms with van der Waals surface area (Å²) in [6.45, 7) is 4.65. The molecule has 2 unspecified atom stereocenters. The van der Waals surface area contributed by atoms with Crippen LogP contribution in [0.25, 0.3) is 0 Å². The number of ketones is 1. The Hall–Kier alpha value is -2.92. The highest BCUT2D eigenvalue weighted by Crippen LogP contribution is 2.49. The lowest BCUT2D eigenvalue weighted by molar-refractivity contribution is -0.117. The number of rotatable bonds is 4. The topological polar surface area (TPSA) is 82.6 Å². The Morgan fingerprint density at radius 1 is 1.15 bits per heavy atom. The number of Topliss-reactive ketones (excluding diaryl/α,β-unsaturated/α-hetero) is 1. The van der Waals surface area contributed by atoms with Crippen LogP contribution < -0.4 is 5.73 Å². The lowest BCUT2D eigenvalue weighted by Crippen LogP contribution is -2.52. The molecule has 0 amide bonds. The molecule has 1 saturated heterocycles. The zero-order valence-electron chi connectivity index (χ0n) is 18.8. The first-order valence-corrected chi connectivity index (χ1v) is 12.4. The molecule has 0 radical (unpaired) electrons. The maximum atomic E-state index is 13.8. The van der Waals surface area contributed by atoms with Gasteiger partial charge in [0.05, 0.1) is 30.8 Å². The van der Waals surface area contributed by atoms with Crippen LogP contribution in [0.3, 0.4) is 0 Å². The molecule has 1 aromatic carbocycles. The van der Waals surface area contributed by atoms with Crippen molar-refractivity contribution in [2.45, 2.75) is 38.0 Å². The fourth-order valence-electron chi connectivity index (χ4n) is 5.17. The Kier molecular flexibility index (Phi) is 6.07. The van der Waals surface area contributed by atoms with Gasteiger partial charge in [0.2, 0.25) is 0 Å². The number of carbonyl (C=O) groups is 1. The van der Waals surface area contributed by atoms with E-state index < -0.39 is 5.92 Å². The summed E-state index contributed by atoms with van der Waals surface area (Å²) in [5, 5.41) is 14.3. The largest absolute Gasteiger partial charge is 0.383 e. The normalized spacial score (nSPS) is 24.1. The first-order valence-electron chi connectivity index (χ1n) is 11.5. The van der Waals surface area contributed by atoms with Crippen LogP contribution in [-0.4, -0.2) is 42.1 Å². The lowest BCUT2D eigenvalue weighted by atomic mass is 9.74. The second kappa shape index (κ2) is 9.14. The third-order valence-corrected chi connectivity index (χ3v) is 8.09. The predicted molar refractivity (Wildman–Crippen MR) is 128 cm³/mol. The molecule has 2 atom stereocenters. The van der Waals surface area contributed by atoms with Crippen molar-refractivity contribution in [1.29, 1.82) is 5.26 Å². The first-order chi connectivity index (χ1) is 16.1. The number of nitrogens with zero attached hydrogens (tertiary/aromatic N) is 3. The Bertz CT molecular complexity index is 1150. The van der Waals surface area contributed by atoms with Gasteiger partial charge < -0.3 is 10.5 Å². The molecule has 3 aliphatic rings. The smallest absolute Gasteiger partial charge is 0.162 e. The molecule has 2 N–H and O–H groups in total. The zero-order chi connectivity index (χ0) is 22.9. The van der Waals surface area contributed by atoms with Crippen LogP contribution in [0.1, 0.15) is 46.9 Å². The van der Waals surface area contributed by atoms with Gasteiger partial charge in [-0.1, -0.05) is 37.3 Å². The molecule has 1 fully saturated rings. The summed E-state index contributed by atoms with van der Waals surface area (Å²) in [5.41, 5.74) is 10.0. The molecule has 2 aliphatic heterocycles. The molecule has 7 heteroatoms. The highest BCUT2D eigenvalue weighted by Gasteiger charge is 2.44. The van der Waals surface area contributed by atoms with Crippen molar-refractivity contribution in [3.63, 3.8) is 0 Å². The maximum absolute atomic E-state index is 13.8. The van der Waals surface area contributed by atoms with Gasteiger partial charge in [0, 0.05) is 40.5 Å². The molecule has 0 spiro atoms. The van der Waals surface area contributed by atoms with E-state index in [1.54, 1.807) is 11.3 Å². The summed E-state index contributed by atoms with van der Waals surface area (Å²) in [6, 6.07) is 16.8. The fraction of sp³-hybridized carbons (Fsp3) is 0.385. The highest BCUT2D eigenvalue weighted by atomic mass is 32.1. The van der Waals surface area contributed by atoms with E-state index in [0.29, 0.717) is 50.5 Å². The van der Waals surface area contributed by atoms with E-state index in [0.717, 1.165) is 28.1 Å². The van der Waals surface area contributed by atoms with Gasteiger partial charge in [0.25, 0.3) is 0 Å². The second-order valence-corrected chi connectivity index (χ2v) is 9.88. The molecule has 0 bridgehead atoms. The average Bonchev–Trinajstić information content (AvgIpc) is 3.33. The number of nitriles is 1. The standard InChI is InChI=1S/C26H28N4O2S/c1-2-19-8-9-23(33-19)24-20(16-27)26(28)30(29-10-12-32-13-11-29)21-14-18(15-22(31)25(21)24)17-6-4-3-5-7-17/h3-9,18,24H,2,10-15,28H2,1H3. The third kappa shape index (κ3) is 3.89. The van der Waals surface area contributed by atoms with Crippen LogP contribution in [0.2, 0.25) is 0 Å². The van der Waals surface area contributed by atoms with Crippen molar-refractivity contribution >= 4 is 17.1 Å². The number of allylic oxidation sites excluding steroid dienone is 3. The predicted octanol–water partition coefficient (Wildman–Crippen LogP) is 4.05. The van der Waals surface area contributed by atoms with Crippen LogP contribution in [0.15, 0.2) is 65.1 Å². The van der Waals surface area contributed by atoms with Gasteiger partial charge in [0.15, 0.2) is 5.78 Å². The number of morpholine rings is 1. The van der Waals surface area contributed by atoms with Gasteiger partial charge in [-0.05, 0) is 36.5 Å². The van der Waals surface area contributed by atoms with Crippen molar-refractivity contribution < 1.29 is 9.53 Å². The Morgan fingerprint density at radius 2 is 1.91 bits per heavy atom. The molecule has 1 aromatic heterocycles. The molecule has 33 heavy (non-hydrogen) atoms.